The molecule has 0 bridgehead atoms. The van der Waals surface area contributed by atoms with E-state index in [2.05, 4.69) is 10.3 Å². The van der Waals surface area contributed by atoms with Crippen molar-refractivity contribution in [1.82, 2.24) is 9.88 Å². The largest absolute Gasteiger partial charge is 0.395 e. The molecular weight excluding hydrogens is 316 g/mol. The van der Waals surface area contributed by atoms with Gasteiger partial charge in [-0.1, -0.05) is 18.2 Å². The predicted octanol–water partition coefficient (Wildman–Crippen LogP) is 1.97. The average molecular weight is 335 g/mol. The number of hydrogen-bond donors (Lipinski definition) is 3. The second kappa shape index (κ2) is 7.41. The van der Waals surface area contributed by atoms with E-state index in [0.29, 0.717) is 25.5 Å². The zero-order valence-corrected chi connectivity index (χ0v) is 13.3. The van der Waals surface area contributed by atoms with Gasteiger partial charge in [-0.05, 0) is 28.8 Å². The topological polar surface area (TPSA) is 91.5 Å². The van der Waals surface area contributed by atoms with Crippen molar-refractivity contribution in [2.24, 2.45) is 5.73 Å². The number of anilines is 1. The summed E-state index contributed by atoms with van der Waals surface area (Å²) in [4.78, 5) is 17.8. The van der Waals surface area contributed by atoms with Crippen molar-refractivity contribution in [2.45, 2.75) is 13.1 Å². The quantitative estimate of drug-likeness (QED) is 0.797. The highest BCUT2D eigenvalue weighted by molar-refractivity contribution is 5.93. The van der Waals surface area contributed by atoms with Crippen LogP contribution in [0.5, 0.6) is 0 Å². The molecule has 122 valence electrons. The number of nitrogens with two attached hydrogens (primary N) is 1. The average Bonchev–Trinajstić information content (AvgIpc) is 2.55. The molecule has 0 atom stereocenters. The third-order valence-corrected chi connectivity index (χ3v) is 3.76. The summed E-state index contributed by atoms with van der Waals surface area (Å²) >= 11 is 0. The van der Waals surface area contributed by atoms with Gasteiger partial charge in [-0.2, -0.15) is 0 Å². The third kappa shape index (κ3) is 3.44. The molecule has 7 heteroatoms. The summed E-state index contributed by atoms with van der Waals surface area (Å²) in [5, 5.41) is 11.9. The minimum Gasteiger partial charge on any atom is -0.395 e. The monoisotopic (exact) mass is 334 g/mol. The first-order valence-electron chi connectivity index (χ1n) is 7.17. The SMILES string of the molecule is Cl.NCc1cccc(-c2ccnc3c2CN(CCO)C(=O)N3)c1. The Bertz CT molecular complexity index is 708. The molecule has 0 saturated heterocycles. The van der Waals surface area contributed by atoms with Crippen molar-refractivity contribution < 1.29 is 9.90 Å². The molecule has 3 rings (SSSR count). The van der Waals surface area contributed by atoms with Gasteiger partial charge < -0.3 is 15.7 Å². The number of pyridine rings is 1. The van der Waals surface area contributed by atoms with Crippen LogP contribution in [0.1, 0.15) is 11.1 Å². The second-order valence-corrected chi connectivity index (χ2v) is 5.17. The van der Waals surface area contributed by atoms with Gasteiger partial charge in [-0.25, -0.2) is 9.78 Å². The van der Waals surface area contributed by atoms with E-state index in [1.54, 1.807) is 11.1 Å². The van der Waals surface area contributed by atoms with Gasteiger partial charge in [-0.15, -0.1) is 12.4 Å². The normalized spacial score (nSPS) is 13.1. The molecule has 4 N–H and O–H groups in total. The molecule has 6 nitrogen and oxygen atoms in total. The van der Waals surface area contributed by atoms with Crippen LogP contribution in [0.4, 0.5) is 10.6 Å². The predicted molar refractivity (Wildman–Crippen MR) is 91.3 cm³/mol. The number of aromatic nitrogens is 1. The minimum atomic E-state index is -0.234. The van der Waals surface area contributed by atoms with Gasteiger partial charge in [0.1, 0.15) is 5.82 Å². The number of β-amino-alcohol motifs (C(OH)–C–C–N with tert-alkyl or cyclic N) is 1. The van der Waals surface area contributed by atoms with Gasteiger partial charge >= 0.3 is 6.03 Å². The molecule has 1 aromatic carbocycles. The molecule has 2 aromatic rings. The molecule has 2 heterocycles. The number of amides is 2. The van der Waals surface area contributed by atoms with Crippen LogP contribution >= 0.6 is 12.4 Å². The number of aliphatic hydroxyl groups excluding tert-OH is 1. The number of fused-ring (bicyclic) bond motifs is 1. The molecule has 0 unspecified atom stereocenters. The maximum absolute atomic E-state index is 11.9. The van der Waals surface area contributed by atoms with Crippen LogP contribution in [0.15, 0.2) is 36.5 Å². The first kappa shape index (κ1) is 17.2. The van der Waals surface area contributed by atoms with Gasteiger partial charge in [0.2, 0.25) is 0 Å². The van der Waals surface area contributed by atoms with Crippen molar-refractivity contribution in [3.8, 4) is 11.1 Å². The molecule has 1 aliphatic rings. The van der Waals surface area contributed by atoms with Crippen LogP contribution in [0.2, 0.25) is 0 Å². The fourth-order valence-electron chi connectivity index (χ4n) is 2.64. The second-order valence-electron chi connectivity index (χ2n) is 5.17. The van der Waals surface area contributed by atoms with E-state index < -0.39 is 0 Å². The number of nitrogens with zero attached hydrogens (tertiary/aromatic N) is 2. The zero-order chi connectivity index (χ0) is 15.5. The van der Waals surface area contributed by atoms with Gasteiger partial charge in [0, 0.05) is 24.8 Å². The van der Waals surface area contributed by atoms with Crippen molar-refractivity contribution in [3.63, 3.8) is 0 Å². The van der Waals surface area contributed by atoms with Gasteiger partial charge in [0.25, 0.3) is 0 Å². The molecular formula is C16H19ClN4O2. The van der Waals surface area contributed by atoms with Crippen molar-refractivity contribution in [3.05, 3.63) is 47.7 Å². The zero-order valence-electron chi connectivity index (χ0n) is 12.5. The Hall–Kier alpha value is -2.15. The summed E-state index contributed by atoms with van der Waals surface area (Å²) in [6, 6.07) is 9.71. The molecule has 23 heavy (non-hydrogen) atoms. The molecule has 0 radical (unpaired) electrons. The number of nitrogens with one attached hydrogen (secondary N) is 1. The highest BCUT2D eigenvalue weighted by Crippen LogP contribution is 2.31. The number of hydrogen-bond acceptors (Lipinski definition) is 4. The number of benzene rings is 1. The van der Waals surface area contributed by atoms with E-state index in [4.69, 9.17) is 10.8 Å². The maximum Gasteiger partial charge on any atom is 0.323 e. The van der Waals surface area contributed by atoms with Crippen LogP contribution in [-0.2, 0) is 13.1 Å². The minimum absolute atomic E-state index is 0. The number of halogens is 1. The number of urea groups is 1. The van der Waals surface area contributed by atoms with Crippen molar-refractivity contribution in [1.29, 1.82) is 0 Å². The molecule has 2 amide bonds. The van der Waals surface area contributed by atoms with Crippen LogP contribution in [-0.4, -0.2) is 34.2 Å². The number of aliphatic hydroxyl groups is 1. The van der Waals surface area contributed by atoms with Gasteiger partial charge in [0.05, 0.1) is 13.2 Å². The number of carbonyl (C=O) groups is 1. The molecule has 0 spiro atoms. The lowest BCUT2D eigenvalue weighted by atomic mass is 9.98. The number of carbonyl (C=O) groups excluding carboxylic acids is 1. The summed E-state index contributed by atoms with van der Waals surface area (Å²) in [5.41, 5.74) is 9.77. The summed E-state index contributed by atoms with van der Waals surface area (Å²) in [5.74, 6) is 0.579. The Labute approximate surface area is 140 Å². The molecule has 0 aliphatic carbocycles. The standard InChI is InChI=1S/C16H18N4O2.ClH/c17-9-11-2-1-3-12(8-11)13-4-5-18-15-14(13)10-20(6-7-21)16(22)19-15;/h1-5,8,21H,6-7,9-10,17H2,(H,18,19,22);1H. The Morgan fingerprint density at radius 3 is 2.91 bits per heavy atom. The number of rotatable bonds is 4. The first-order valence-corrected chi connectivity index (χ1v) is 7.17. The Morgan fingerprint density at radius 1 is 1.35 bits per heavy atom. The Balaban J connectivity index is 0.00000192. The first-order chi connectivity index (χ1) is 10.7. The van der Waals surface area contributed by atoms with Crippen LogP contribution in [0.3, 0.4) is 0 Å². The van der Waals surface area contributed by atoms with E-state index in [0.717, 1.165) is 22.3 Å². The maximum atomic E-state index is 11.9. The van der Waals surface area contributed by atoms with Gasteiger partial charge in [-0.3, -0.25) is 5.32 Å². The molecule has 1 aromatic heterocycles. The van der Waals surface area contributed by atoms with Crippen LogP contribution < -0.4 is 11.1 Å². The van der Waals surface area contributed by atoms with E-state index in [1.165, 1.54) is 0 Å². The lowest BCUT2D eigenvalue weighted by molar-refractivity contribution is 0.183. The Morgan fingerprint density at radius 2 is 2.17 bits per heavy atom. The van der Waals surface area contributed by atoms with E-state index in [-0.39, 0.29) is 25.0 Å². The molecule has 0 saturated carbocycles. The fourth-order valence-corrected chi connectivity index (χ4v) is 2.64. The third-order valence-electron chi connectivity index (χ3n) is 3.76. The highest BCUT2D eigenvalue weighted by atomic mass is 35.5. The lowest BCUT2D eigenvalue weighted by Gasteiger charge is -2.29. The van der Waals surface area contributed by atoms with Crippen LogP contribution in [0.25, 0.3) is 11.1 Å². The summed E-state index contributed by atoms with van der Waals surface area (Å²) < 4.78 is 0. The lowest BCUT2D eigenvalue weighted by Crippen LogP contribution is -2.40. The van der Waals surface area contributed by atoms with Gasteiger partial charge in [0.15, 0.2) is 0 Å². The molecule has 1 aliphatic heterocycles. The van der Waals surface area contributed by atoms with E-state index in [1.807, 2.05) is 30.3 Å². The highest BCUT2D eigenvalue weighted by Gasteiger charge is 2.25. The Kier molecular flexibility index (Phi) is 5.54. The summed E-state index contributed by atoms with van der Waals surface area (Å²) in [6.45, 7) is 1.13. The van der Waals surface area contributed by atoms with E-state index in [9.17, 15) is 4.79 Å². The fraction of sp³-hybridized carbons (Fsp3) is 0.250. The van der Waals surface area contributed by atoms with Crippen molar-refractivity contribution in [2.75, 3.05) is 18.5 Å². The van der Waals surface area contributed by atoms with Crippen molar-refractivity contribution >= 4 is 24.3 Å². The molecule has 0 fully saturated rings. The van der Waals surface area contributed by atoms with Crippen LogP contribution in [0, 0.1) is 0 Å². The summed E-state index contributed by atoms with van der Waals surface area (Å²) in [6.07, 6.45) is 1.69. The smallest absolute Gasteiger partial charge is 0.323 e. The summed E-state index contributed by atoms with van der Waals surface area (Å²) in [7, 11) is 0. The van der Waals surface area contributed by atoms with E-state index >= 15 is 0 Å².